The summed E-state index contributed by atoms with van der Waals surface area (Å²) in [5.74, 6) is 6.54. The van der Waals surface area contributed by atoms with Crippen molar-refractivity contribution >= 4 is 31.9 Å². The Hall–Kier alpha value is -0.360. The molecule has 3 nitrogen and oxygen atoms in total. The molecule has 0 bridgehead atoms. The van der Waals surface area contributed by atoms with E-state index in [1.54, 1.807) is 0 Å². The number of hydrazine groups is 1. The Bertz CT molecular complexity index is 435. The molecule has 3 N–H and O–H groups in total. The minimum absolute atomic E-state index is 0.0993. The first-order valence-corrected chi connectivity index (χ1v) is 7.05. The minimum atomic E-state index is -0.0993. The highest BCUT2D eigenvalue weighted by Gasteiger charge is 2.20. The van der Waals surface area contributed by atoms with Crippen LogP contribution < -0.4 is 11.3 Å². The van der Waals surface area contributed by atoms with Crippen LogP contribution in [0.4, 0.5) is 0 Å². The van der Waals surface area contributed by atoms with Gasteiger partial charge in [0, 0.05) is 8.95 Å². The van der Waals surface area contributed by atoms with E-state index < -0.39 is 0 Å². The van der Waals surface area contributed by atoms with Crippen molar-refractivity contribution < 1.29 is 4.74 Å². The average Bonchev–Trinajstić information content (AvgIpc) is 2.34. The van der Waals surface area contributed by atoms with Gasteiger partial charge >= 0.3 is 0 Å². The molecule has 92 valence electrons. The number of nitrogens with one attached hydrogen (secondary N) is 1. The van der Waals surface area contributed by atoms with Crippen molar-refractivity contribution in [3.63, 3.8) is 0 Å². The lowest BCUT2D eigenvalue weighted by molar-refractivity contribution is 0.167. The molecule has 1 aliphatic heterocycles. The Morgan fingerprint density at radius 1 is 1.35 bits per heavy atom. The summed E-state index contributed by atoms with van der Waals surface area (Å²) in [7, 11) is 0. The minimum Gasteiger partial charge on any atom is -0.496 e. The molecule has 1 unspecified atom stereocenters. The number of benzene rings is 1. The molecule has 5 heteroatoms. The molecule has 0 saturated carbocycles. The van der Waals surface area contributed by atoms with Crippen LogP contribution in [0.5, 0.6) is 0 Å². The first kappa shape index (κ1) is 13.1. The lowest BCUT2D eigenvalue weighted by Gasteiger charge is -2.24. The van der Waals surface area contributed by atoms with Crippen LogP contribution in [0, 0.1) is 0 Å². The molecule has 17 heavy (non-hydrogen) atoms. The molecule has 0 saturated heterocycles. The van der Waals surface area contributed by atoms with Crippen LogP contribution in [0.2, 0.25) is 0 Å². The third-order valence-corrected chi connectivity index (χ3v) is 3.87. The van der Waals surface area contributed by atoms with E-state index in [9.17, 15) is 0 Å². The standard InChI is InChI=1S/C12H14Br2N2O/c13-8-4-5-9(10(14)7-8)12(16-15)11-3-1-2-6-17-11/h3-5,7,12,16H,1-2,6,15H2. The molecule has 1 heterocycles. The number of hydrogen-bond donors (Lipinski definition) is 2. The SMILES string of the molecule is NNC(C1=CCCCO1)c1ccc(Br)cc1Br. The summed E-state index contributed by atoms with van der Waals surface area (Å²) in [6.45, 7) is 0.762. The lowest BCUT2D eigenvalue weighted by atomic mass is 10.0. The molecule has 0 radical (unpaired) electrons. The Morgan fingerprint density at radius 2 is 2.18 bits per heavy atom. The highest BCUT2D eigenvalue weighted by atomic mass is 79.9. The molecule has 0 aromatic heterocycles. The van der Waals surface area contributed by atoms with E-state index in [2.05, 4.69) is 43.4 Å². The van der Waals surface area contributed by atoms with Gasteiger partial charge in [0.25, 0.3) is 0 Å². The maximum Gasteiger partial charge on any atom is 0.115 e. The van der Waals surface area contributed by atoms with Gasteiger partial charge in [-0.1, -0.05) is 37.9 Å². The van der Waals surface area contributed by atoms with Crippen LogP contribution in [0.3, 0.4) is 0 Å². The molecule has 0 fully saturated rings. The maximum atomic E-state index is 5.66. The maximum absolute atomic E-state index is 5.66. The summed E-state index contributed by atoms with van der Waals surface area (Å²) in [5.41, 5.74) is 3.88. The van der Waals surface area contributed by atoms with E-state index in [1.807, 2.05) is 18.2 Å². The summed E-state index contributed by atoms with van der Waals surface area (Å²) in [6, 6.07) is 5.92. The fraction of sp³-hybridized carbons (Fsp3) is 0.333. The van der Waals surface area contributed by atoms with Crippen LogP contribution in [0.15, 0.2) is 39.0 Å². The smallest absolute Gasteiger partial charge is 0.115 e. The number of ether oxygens (including phenoxy) is 1. The second-order valence-electron chi connectivity index (χ2n) is 3.86. The highest BCUT2D eigenvalue weighted by Crippen LogP contribution is 2.32. The van der Waals surface area contributed by atoms with Crippen LogP contribution in [0.25, 0.3) is 0 Å². The van der Waals surface area contributed by atoms with Crippen LogP contribution in [-0.4, -0.2) is 6.61 Å². The molecular formula is C12H14Br2N2O. The molecule has 1 atom stereocenters. The van der Waals surface area contributed by atoms with Gasteiger partial charge < -0.3 is 4.74 Å². The number of halogens is 2. The van der Waals surface area contributed by atoms with E-state index in [4.69, 9.17) is 10.6 Å². The van der Waals surface area contributed by atoms with Gasteiger partial charge in [-0.15, -0.1) is 0 Å². The van der Waals surface area contributed by atoms with Gasteiger partial charge in [-0.2, -0.15) is 0 Å². The van der Waals surface area contributed by atoms with E-state index in [0.717, 1.165) is 39.7 Å². The Balaban J connectivity index is 2.31. The summed E-state index contributed by atoms with van der Waals surface area (Å²) in [6.07, 6.45) is 4.21. The van der Waals surface area contributed by atoms with Gasteiger partial charge in [-0.25, -0.2) is 5.43 Å². The second kappa shape index (κ2) is 6.00. The number of hydrogen-bond acceptors (Lipinski definition) is 3. The third-order valence-electron chi connectivity index (χ3n) is 2.69. The lowest BCUT2D eigenvalue weighted by Crippen LogP contribution is -2.31. The zero-order valence-corrected chi connectivity index (χ0v) is 12.4. The van der Waals surface area contributed by atoms with E-state index >= 15 is 0 Å². The zero-order chi connectivity index (χ0) is 12.3. The molecule has 2 rings (SSSR count). The van der Waals surface area contributed by atoms with Gasteiger partial charge in [0.1, 0.15) is 11.8 Å². The number of allylic oxidation sites excluding steroid dienone is 1. The molecular weight excluding hydrogens is 348 g/mol. The van der Waals surface area contributed by atoms with Crippen molar-refractivity contribution in [2.75, 3.05) is 6.61 Å². The van der Waals surface area contributed by atoms with Gasteiger partial charge in [0.2, 0.25) is 0 Å². The van der Waals surface area contributed by atoms with Crippen LogP contribution in [-0.2, 0) is 4.74 Å². The van der Waals surface area contributed by atoms with E-state index in [0.29, 0.717) is 0 Å². The van der Waals surface area contributed by atoms with Crippen molar-refractivity contribution in [3.8, 4) is 0 Å². The summed E-state index contributed by atoms with van der Waals surface area (Å²) >= 11 is 6.98. The third kappa shape index (κ3) is 3.10. The first-order valence-electron chi connectivity index (χ1n) is 5.46. The van der Waals surface area contributed by atoms with Gasteiger partial charge in [0.05, 0.1) is 6.61 Å². The Morgan fingerprint density at radius 3 is 2.76 bits per heavy atom. The quantitative estimate of drug-likeness (QED) is 0.640. The predicted molar refractivity (Wildman–Crippen MR) is 75.2 cm³/mol. The fourth-order valence-corrected chi connectivity index (χ4v) is 3.11. The Labute approximate surface area is 118 Å². The summed E-state index contributed by atoms with van der Waals surface area (Å²) in [5, 5.41) is 0. The van der Waals surface area contributed by atoms with Crippen LogP contribution >= 0.6 is 31.9 Å². The first-order chi connectivity index (χ1) is 8.22. The summed E-state index contributed by atoms with van der Waals surface area (Å²) in [4.78, 5) is 0. The van der Waals surface area contributed by atoms with Crippen LogP contribution in [0.1, 0.15) is 24.4 Å². The largest absolute Gasteiger partial charge is 0.496 e. The topological polar surface area (TPSA) is 47.3 Å². The second-order valence-corrected chi connectivity index (χ2v) is 5.63. The molecule has 1 aliphatic rings. The van der Waals surface area contributed by atoms with Crippen molar-refractivity contribution in [1.82, 2.24) is 5.43 Å². The predicted octanol–water partition coefficient (Wildman–Crippen LogP) is 3.41. The average molecular weight is 362 g/mol. The highest BCUT2D eigenvalue weighted by molar-refractivity contribution is 9.11. The monoisotopic (exact) mass is 360 g/mol. The fourth-order valence-electron chi connectivity index (χ4n) is 1.84. The van der Waals surface area contributed by atoms with Gasteiger partial charge in [-0.05, 0) is 36.6 Å². The molecule has 0 aliphatic carbocycles. The number of nitrogens with two attached hydrogens (primary N) is 1. The zero-order valence-electron chi connectivity index (χ0n) is 9.25. The van der Waals surface area contributed by atoms with Crippen molar-refractivity contribution in [3.05, 3.63) is 44.5 Å². The van der Waals surface area contributed by atoms with E-state index in [-0.39, 0.29) is 6.04 Å². The van der Waals surface area contributed by atoms with Gasteiger partial charge in [-0.3, -0.25) is 5.84 Å². The molecule has 1 aromatic carbocycles. The Kier molecular flexibility index (Phi) is 4.62. The van der Waals surface area contributed by atoms with Gasteiger partial charge in [0.15, 0.2) is 0 Å². The normalized spacial score (nSPS) is 17.2. The summed E-state index contributed by atoms with van der Waals surface area (Å²) < 4.78 is 7.69. The van der Waals surface area contributed by atoms with Crippen molar-refractivity contribution in [2.45, 2.75) is 18.9 Å². The van der Waals surface area contributed by atoms with Crippen molar-refractivity contribution in [2.24, 2.45) is 5.84 Å². The molecule has 0 amide bonds. The van der Waals surface area contributed by atoms with E-state index in [1.165, 1.54) is 0 Å². The molecule has 0 spiro atoms. The number of rotatable bonds is 3. The van der Waals surface area contributed by atoms with Crippen molar-refractivity contribution in [1.29, 1.82) is 0 Å². The molecule has 1 aromatic rings.